The lowest BCUT2D eigenvalue weighted by Crippen LogP contribution is -2.28. The van der Waals surface area contributed by atoms with Crippen LogP contribution in [0.25, 0.3) is 0 Å². The molecule has 0 radical (unpaired) electrons. The molecule has 0 aliphatic carbocycles. The van der Waals surface area contributed by atoms with E-state index in [0.29, 0.717) is 0 Å². The maximum atomic E-state index is 6.05. The standard InChI is InChI=1S/C14H24N2/c1-5-16(6-2)11-12-7-9-13(10-8-12)14(3,4)15/h7-10H,5-6,11,15H2,1-4H3. The first-order valence-electron chi connectivity index (χ1n) is 6.08. The van der Waals surface area contributed by atoms with Crippen molar-refractivity contribution in [3.8, 4) is 0 Å². The fourth-order valence-electron chi connectivity index (χ4n) is 1.75. The molecular weight excluding hydrogens is 196 g/mol. The largest absolute Gasteiger partial charge is 0.322 e. The Kier molecular flexibility index (Phi) is 4.51. The summed E-state index contributed by atoms with van der Waals surface area (Å²) in [5.74, 6) is 0. The third-order valence-electron chi connectivity index (χ3n) is 3.00. The first-order chi connectivity index (χ1) is 7.47. The lowest BCUT2D eigenvalue weighted by Gasteiger charge is -2.21. The van der Waals surface area contributed by atoms with Gasteiger partial charge in [0.15, 0.2) is 0 Å². The summed E-state index contributed by atoms with van der Waals surface area (Å²) in [5.41, 5.74) is 8.36. The smallest absolute Gasteiger partial charge is 0.0352 e. The molecule has 1 rings (SSSR count). The van der Waals surface area contributed by atoms with Gasteiger partial charge in [-0.05, 0) is 38.1 Å². The number of hydrogen-bond acceptors (Lipinski definition) is 2. The van der Waals surface area contributed by atoms with Gasteiger partial charge in [0.25, 0.3) is 0 Å². The summed E-state index contributed by atoms with van der Waals surface area (Å²) in [7, 11) is 0. The highest BCUT2D eigenvalue weighted by Gasteiger charge is 2.13. The molecule has 0 heterocycles. The van der Waals surface area contributed by atoms with Crippen molar-refractivity contribution in [2.24, 2.45) is 5.73 Å². The molecule has 1 aromatic rings. The van der Waals surface area contributed by atoms with Crippen molar-refractivity contribution in [1.82, 2.24) is 4.90 Å². The van der Waals surface area contributed by atoms with Gasteiger partial charge in [-0.25, -0.2) is 0 Å². The zero-order valence-corrected chi connectivity index (χ0v) is 11.0. The second-order valence-corrected chi connectivity index (χ2v) is 4.88. The molecule has 16 heavy (non-hydrogen) atoms. The Balaban J connectivity index is 2.72. The summed E-state index contributed by atoms with van der Waals surface area (Å²) in [5, 5.41) is 0. The zero-order chi connectivity index (χ0) is 12.2. The highest BCUT2D eigenvalue weighted by molar-refractivity contribution is 5.27. The van der Waals surface area contributed by atoms with E-state index in [1.165, 1.54) is 11.1 Å². The average Bonchev–Trinajstić information content (AvgIpc) is 2.25. The van der Waals surface area contributed by atoms with Crippen LogP contribution < -0.4 is 5.73 Å². The predicted molar refractivity (Wildman–Crippen MR) is 70.3 cm³/mol. The molecule has 0 bridgehead atoms. The van der Waals surface area contributed by atoms with Crippen molar-refractivity contribution in [3.05, 3.63) is 35.4 Å². The second-order valence-electron chi connectivity index (χ2n) is 4.88. The number of benzene rings is 1. The van der Waals surface area contributed by atoms with Crippen molar-refractivity contribution >= 4 is 0 Å². The van der Waals surface area contributed by atoms with E-state index in [4.69, 9.17) is 5.73 Å². The average molecular weight is 220 g/mol. The van der Waals surface area contributed by atoms with Crippen LogP contribution in [0.2, 0.25) is 0 Å². The van der Waals surface area contributed by atoms with Crippen LogP contribution in [0, 0.1) is 0 Å². The number of nitrogens with two attached hydrogens (primary N) is 1. The molecule has 90 valence electrons. The van der Waals surface area contributed by atoms with Crippen molar-refractivity contribution in [1.29, 1.82) is 0 Å². The van der Waals surface area contributed by atoms with Gasteiger partial charge in [-0.2, -0.15) is 0 Å². The topological polar surface area (TPSA) is 29.3 Å². The highest BCUT2D eigenvalue weighted by atomic mass is 15.1. The molecule has 0 fully saturated rings. The Hall–Kier alpha value is -0.860. The van der Waals surface area contributed by atoms with Crippen LogP contribution in [0.4, 0.5) is 0 Å². The molecular formula is C14H24N2. The maximum absolute atomic E-state index is 6.05. The molecule has 0 aliphatic rings. The fraction of sp³-hybridized carbons (Fsp3) is 0.571. The molecule has 0 atom stereocenters. The molecule has 0 saturated carbocycles. The van der Waals surface area contributed by atoms with Gasteiger partial charge < -0.3 is 5.73 Å². The van der Waals surface area contributed by atoms with Crippen LogP contribution in [0.3, 0.4) is 0 Å². The third-order valence-corrected chi connectivity index (χ3v) is 3.00. The van der Waals surface area contributed by atoms with Gasteiger partial charge in [0.05, 0.1) is 0 Å². The van der Waals surface area contributed by atoms with Gasteiger partial charge in [-0.3, -0.25) is 4.90 Å². The maximum Gasteiger partial charge on any atom is 0.0352 e. The summed E-state index contributed by atoms with van der Waals surface area (Å²) in [4.78, 5) is 2.41. The fourth-order valence-corrected chi connectivity index (χ4v) is 1.75. The van der Waals surface area contributed by atoms with Crippen LogP contribution in [-0.2, 0) is 12.1 Å². The van der Waals surface area contributed by atoms with Crippen molar-refractivity contribution < 1.29 is 0 Å². The summed E-state index contributed by atoms with van der Waals surface area (Å²) in [6.45, 7) is 11.7. The Morgan fingerprint density at radius 3 is 1.94 bits per heavy atom. The molecule has 1 aromatic carbocycles. The van der Waals surface area contributed by atoms with E-state index in [-0.39, 0.29) is 5.54 Å². The lowest BCUT2D eigenvalue weighted by atomic mass is 9.95. The molecule has 0 aromatic heterocycles. The monoisotopic (exact) mass is 220 g/mol. The Bertz CT molecular complexity index is 305. The summed E-state index contributed by atoms with van der Waals surface area (Å²) in [6.07, 6.45) is 0. The normalized spacial score (nSPS) is 12.1. The molecule has 2 N–H and O–H groups in total. The summed E-state index contributed by atoms with van der Waals surface area (Å²) >= 11 is 0. The van der Waals surface area contributed by atoms with Crippen LogP contribution in [-0.4, -0.2) is 18.0 Å². The van der Waals surface area contributed by atoms with Gasteiger partial charge in [-0.15, -0.1) is 0 Å². The number of nitrogens with zero attached hydrogens (tertiary/aromatic N) is 1. The van der Waals surface area contributed by atoms with Gasteiger partial charge in [0, 0.05) is 12.1 Å². The van der Waals surface area contributed by atoms with E-state index >= 15 is 0 Å². The van der Waals surface area contributed by atoms with Crippen molar-refractivity contribution in [2.45, 2.75) is 39.8 Å². The first-order valence-corrected chi connectivity index (χ1v) is 6.08. The van der Waals surface area contributed by atoms with Crippen LogP contribution >= 0.6 is 0 Å². The minimum atomic E-state index is -0.242. The SMILES string of the molecule is CCN(CC)Cc1ccc(C(C)(C)N)cc1. The van der Waals surface area contributed by atoms with Crippen LogP contribution in [0.5, 0.6) is 0 Å². The second kappa shape index (κ2) is 5.46. The summed E-state index contributed by atoms with van der Waals surface area (Å²) in [6, 6.07) is 8.64. The van der Waals surface area contributed by atoms with Gasteiger partial charge in [0.1, 0.15) is 0 Å². The summed E-state index contributed by atoms with van der Waals surface area (Å²) < 4.78 is 0. The molecule has 0 saturated heterocycles. The Labute approximate surface area is 99.5 Å². The van der Waals surface area contributed by atoms with E-state index in [0.717, 1.165) is 19.6 Å². The number of hydrogen-bond donors (Lipinski definition) is 1. The quantitative estimate of drug-likeness (QED) is 0.826. The zero-order valence-electron chi connectivity index (χ0n) is 11.0. The van der Waals surface area contributed by atoms with Gasteiger partial charge in [-0.1, -0.05) is 38.1 Å². The molecule has 0 aliphatic heterocycles. The van der Waals surface area contributed by atoms with E-state index in [2.05, 4.69) is 43.0 Å². The van der Waals surface area contributed by atoms with E-state index < -0.39 is 0 Å². The molecule has 2 nitrogen and oxygen atoms in total. The minimum absolute atomic E-state index is 0.242. The van der Waals surface area contributed by atoms with Crippen LogP contribution in [0.1, 0.15) is 38.8 Å². The van der Waals surface area contributed by atoms with Crippen molar-refractivity contribution in [2.75, 3.05) is 13.1 Å². The van der Waals surface area contributed by atoms with E-state index in [1.807, 2.05) is 13.8 Å². The third kappa shape index (κ3) is 3.62. The lowest BCUT2D eigenvalue weighted by molar-refractivity contribution is 0.296. The minimum Gasteiger partial charge on any atom is -0.322 e. The molecule has 0 spiro atoms. The first kappa shape index (κ1) is 13.2. The highest BCUT2D eigenvalue weighted by Crippen LogP contribution is 2.17. The van der Waals surface area contributed by atoms with E-state index in [1.54, 1.807) is 0 Å². The van der Waals surface area contributed by atoms with E-state index in [9.17, 15) is 0 Å². The van der Waals surface area contributed by atoms with Gasteiger partial charge >= 0.3 is 0 Å². The molecule has 2 heteroatoms. The van der Waals surface area contributed by atoms with Crippen LogP contribution in [0.15, 0.2) is 24.3 Å². The molecule has 0 unspecified atom stereocenters. The van der Waals surface area contributed by atoms with Gasteiger partial charge in [0.2, 0.25) is 0 Å². The van der Waals surface area contributed by atoms with Crippen molar-refractivity contribution in [3.63, 3.8) is 0 Å². The Morgan fingerprint density at radius 2 is 1.56 bits per heavy atom. The predicted octanol–water partition coefficient (Wildman–Crippen LogP) is 2.72. The Morgan fingerprint density at radius 1 is 1.06 bits per heavy atom. The molecule has 0 amide bonds. The number of rotatable bonds is 5.